The number of hydrogen-bond acceptors (Lipinski definition) is 3. The van der Waals surface area contributed by atoms with E-state index >= 15 is 0 Å². The van der Waals surface area contributed by atoms with Gasteiger partial charge in [-0.3, -0.25) is 0 Å². The van der Waals surface area contributed by atoms with Gasteiger partial charge in [-0.25, -0.2) is 8.78 Å². The number of ether oxygens (including phenoxy) is 1. The molecule has 1 atom stereocenters. The van der Waals surface area contributed by atoms with E-state index in [9.17, 15) is 13.9 Å². The van der Waals surface area contributed by atoms with Crippen LogP contribution >= 0.6 is 0 Å². The molecular weight excluding hydrogens is 288 g/mol. The number of hydrogen-bond donors (Lipinski definition) is 2. The lowest BCUT2D eigenvalue weighted by atomic mass is 10.1. The van der Waals surface area contributed by atoms with Crippen LogP contribution in [0.2, 0.25) is 0 Å². The van der Waals surface area contributed by atoms with Crippen LogP contribution < -0.4 is 10.1 Å². The van der Waals surface area contributed by atoms with Crippen molar-refractivity contribution >= 4 is 0 Å². The molecule has 2 aromatic rings. The lowest BCUT2D eigenvalue weighted by molar-refractivity contribution is 0.164. The molecule has 0 saturated heterocycles. The number of aliphatic hydroxyl groups excluding tert-OH is 1. The number of nitrogens with one attached hydrogen (secondary N) is 1. The average molecular weight is 305 g/mol. The van der Waals surface area contributed by atoms with Crippen molar-refractivity contribution in [1.29, 1.82) is 0 Å². The predicted molar refractivity (Wildman–Crippen MR) is 78.7 cm³/mol. The van der Waals surface area contributed by atoms with Gasteiger partial charge in [0.15, 0.2) is 0 Å². The Bertz CT molecular complexity index is 655. The second-order valence-electron chi connectivity index (χ2n) is 5.32. The maximum atomic E-state index is 13.6. The third-order valence-corrected chi connectivity index (χ3v) is 3.75. The smallest absolute Gasteiger partial charge is 0.131 e. The van der Waals surface area contributed by atoms with Gasteiger partial charge < -0.3 is 15.2 Å². The monoisotopic (exact) mass is 305 g/mol. The van der Waals surface area contributed by atoms with Gasteiger partial charge in [0.25, 0.3) is 0 Å². The summed E-state index contributed by atoms with van der Waals surface area (Å²) >= 11 is 0. The second-order valence-corrected chi connectivity index (χ2v) is 5.32. The first-order chi connectivity index (χ1) is 10.6. The Kier molecular flexibility index (Phi) is 4.36. The Morgan fingerprint density at radius 2 is 1.95 bits per heavy atom. The molecule has 1 heterocycles. The van der Waals surface area contributed by atoms with E-state index in [4.69, 9.17) is 4.74 Å². The molecule has 0 radical (unpaired) electrons. The zero-order valence-electron chi connectivity index (χ0n) is 12.0. The maximum Gasteiger partial charge on any atom is 0.131 e. The number of benzene rings is 2. The molecule has 0 spiro atoms. The summed E-state index contributed by atoms with van der Waals surface area (Å²) in [7, 11) is 0. The lowest BCUT2D eigenvalue weighted by Gasteiger charge is -2.14. The number of aliphatic hydroxyl groups is 1. The molecule has 22 heavy (non-hydrogen) atoms. The van der Waals surface area contributed by atoms with Gasteiger partial charge in [0.1, 0.15) is 17.4 Å². The number of halogens is 2. The third kappa shape index (κ3) is 3.10. The third-order valence-electron chi connectivity index (χ3n) is 3.75. The van der Waals surface area contributed by atoms with E-state index in [1.54, 1.807) is 0 Å². The van der Waals surface area contributed by atoms with Crippen LogP contribution in [0.4, 0.5) is 8.78 Å². The highest BCUT2D eigenvalue weighted by atomic mass is 19.1. The first kappa shape index (κ1) is 14.9. The van der Waals surface area contributed by atoms with Crippen LogP contribution in [0.5, 0.6) is 5.75 Å². The van der Waals surface area contributed by atoms with Crippen LogP contribution in [0, 0.1) is 11.6 Å². The summed E-state index contributed by atoms with van der Waals surface area (Å²) in [6.07, 6.45) is -0.328. The van der Waals surface area contributed by atoms with Gasteiger partial charge in [0.2, 0.25) is 0 Å². The molecule has 116 valence electrons. The van der Waals surface area contributed by atoms with Crippen LogP contribution in [-0.4, -0.2) is 18.3 Å². The molecule has 1 aliphatic heterocycles. The second kappa shape index (κ2) is 6.42. The Labute approximate surface area is 127 Å². The normalized spacial score (nSPS) is 14.5. The highest BCUT2D eigenvalue weighted by molar-refractivity contribution is 5.39. The first-order valence-corrected chi connectivity index (χ1v) is 7.22. The van der Waals surface area contributed by atoms with Gasteiger partial charge in [-0.1, -0.05) is 18.2 Å². The van der Waals surface area contributed by atoms with E-state index in [2.05, 4.69) is 5.32 Å². The largest absolute Gasteiger partial charge is 0.493 e. The summed E-state index contributed by atoms with van der Waals surface area (Å²) in [5.74, 6) is -0.551. The molecule has 1 unspecified atom stereocenters. The van der Waals surface area contributed by atoms with Gasteiger partial charge in [-0.2, -0.15) is 0 Å². The summed E-state index contributed by atoms with van der Waals surface area (Å²) in [5.41, 5.74) is 1.92. The fourth-order valence-corrected chi connectivity index (χ4v) is 2.63. The van der Waals surface area contributed by atoms with E-state index in [-0.39, 0.29) is 12.1 Å². The summed E-state index contributed by atoms with van der Waals surface area (Å²) in [4.78, 5) is 0. The SMILES string of the molecule is OC(CNCc1ccc2c(c1)CCO2)c1c(F)cccc1F. The summed E-state index contributed by atoms with van der Waals surface area (Å²) < 4.78 is 32.6. The van der Waals surface area contributed by atoms with Crippen molar-refractivity contribution in [2.75, 3.05) is 13.2 Å². The highest BCUT2D eigenvalue weighted by Gasteiger charge is 2.17. The summed E-state index contributed by atoms with van der Waals surface area (Å²) in [5, 5.41) is 13.0. The van der Waals surface area contributed by atoms with Crippen LogP contribution in [0.3, 0.4) is 0 Å². The van der Waals surface area contributed by atoms with Crippen molar-refractivity contribution in [2.45, 2.75) is 19.1 Å². The number of fused-ring (bicyclic) bond motifs is 1. The molecule has 1 aliphatic rings. The van der Waals surface area contributed by atoms with Crippen molar-refractivity contribution in [3.63, 3.8) is 0 Å². The summed E-state index contributed by atoms with van der Waals surface area (Å²) in [6.45, 7) is 1.29. The Morgan fingerprint density at radius 3 is 2.73 bits per heavy atom. The lowest BCUT2D eigenvalue weighted by Crippen LogP contribution is -2.22. The molecule has 5 heteroatoms. The van der Waals surface area contributed by atoms with Crippen LogP contribution in [-0.2, 0) is 13.0 Å². The van der Waals surface area contributed by atoms with Crippen LogP contribution in [0.15, 0.2) is 36.4 Å². The van der Waals surface area contributed by atoms with E-state index in [0.717, 1.165) is 29.9 Å². The van der Waals surface area contributed by atoms with E-state index in [0.29, 0.717) is 13.2 Å². The minimum absolute atomic E-state index is 0.0748. The average Bonchev–Trinajstić information content (AvgIpc) is 2.94. The molecule has 3 rings (SSSR count). The molecular formula is C17H17F2NO2. The van der Waals surface area contributed by atoms with Crippen molar-refractivity contribution < 1.29 is 18.6 Å². The van der Waals surface area contributed by atoms with Crippen LogP contribution in [0.25, 0.3) is 0 Å². The molecule has 0 aromatic heterocycles. The van der Waals surface area contributed by atoms with E-state index < -0.39 is 17.7 Å². The molecule has 0 amide bonds. The van der Waals surface area contributed by atoms with Crippen molar-refractivity contribution in [3.8, 4) is 5.75 Å². The molecule has 0 saturated carbocycles. The van der Waals surface area contributed by atoms with E-state index in [1.807, 2.05) is 18.2 Å². The number of rotatable bonds is 5. The van der Waals surface area contributed by atoms with Crippen LogP contribution in [0.1, 0.15) is 22.8 Å². The molecule has 2 aromatic carbocycles. The fourth-order valence-electron chi connectivity index (χ4n) is 2.63. The van der Waals surface area contributed by atoms with Gasteiger partial charge in [-0.05, 0) is 29.3 Å². The minimum atomic E-state index is -1.22. The summed E-state index contributed by atoms with van der Waals surface area (Å²) in [6, 6.07) is 9.47. The Balaban J connectivity index is 1.59. The van der Waals surface area contributed by atoms with Gasteiger partial charge in [-0.15, -0.1) is 0 Å². The fraction of sp³-hybridized carbons (Fsp3) is 0.294. The molecule has 0 aliphatic carbocycles. The molecule has 0 fully saturated rings. The van der Waals surface area contributed by atoms with Crippen molar-refractivity contribution in [2.24, 2.45) is 0 Å². The topological polar surface area (TPSA) is 41.5 Å². The standard InChI is InChI=1S/C17H17F2NO2/c18-13-2-1-3-14(19)17(13)15(21)10-20-9-11-4-5-16-12(8-11)6-7-22-16/h1-5,8,15,20-21H,6-7,9-10H2. The molecule has 0 bridgehead atoms. The van der Waals surface area contributed by atoms with E-state index in [1.165, 1.54) is 11.6 Å². The maximum absolute atomic E-state index is 13.6. The van der Waals surface area contributed by atoms with Gasteiger partial charge >= 0.3 is 0 Å². The van der Waals surface area contributed by atoms with Gasteiger partial charge in [0.05, 0.1) is 18.3 Å². The quantitative estimate of drug-likeness (QED) is 0.892. The first-order valence-electron chi connectivity index (χ1n) is 7.22. The minimum Gasteiger partial charge on any atom is -0.493 e. The van der Waals surface area contributed by atoms with Crippen molar-refractivity contribution in [1.82, 2.24) is 5.32 Å². The Hall–Kier alpha value is -1.98. The zero-order valence-corrected chi connectivity index (χ0v) is 12.0. The predicted octanol–water partition coefficient (Wildman–Crippen LogP) is 2.72. The zero-order chi connectivity index (χ0) is 15.5. The van der Waals surface area contributed by atoms with Crippen molar-refractivity contribution in [3.05, 3.63) is 64.7 Å². The Morgan fingerprint density at radius 1 is 1.18 bits per heavy atom. The molecule has 2 N–H and O–H groups in total. The molecule has 3 nitrogen and oxygen atoms in total. The highest BCUT2D eigenvalue weighted by Crippen LogP contribution is 2.26. The van der Waals surface area contributed by atoms with Gasteiger partial charge in [0, 0.05) is 19.5 Å².